The number of benzene rings is 1. The Kier molecular flexibility index (Phi) is 5.00. The fraction of sp³-hybridized carbons (Fsp3) is 0.600. The molecule has 1 saturated carbocycles. The third kappa shape index (κ3) is 3.95. The van der Waals surface area contributed by atoms with Gasteiger partial charge in [-0.05, 0) is 43.4 Å². The lowest BCUT2D eigenvalue weighted by molar-refractivity contribution is 0.0570. The highest BCUT2D eigenvalue weighted by atomic mass is 35.5. The minimum atomic E-state index is -3.30. The SMILES string of the molecule is O=S(=O)(NC1CC1)[C@@H]1CCOC[C@H]1Cc1ccc(Cl)c(Cl)c1. The number of sulfonamides is 1. The van der Waals surface area contributed by atoms with Gasteiger partial charge >= 0.3 is 0 Å². The van der Waals surface area contributed by atoms with Crippen LogP contribution >= 0.6 is 23.2 Å². The quantitative estimate of drug-likeness (QED) is 0.874. The van der Waals surface area contributed by atoms with Crippen LogP contribution in [-0.4, -0.2) is 32.9 Å². The predicted octanol–water partition coefficient (Wildman–Crippen LogP) is 3.02. The van der Waals surface area contributed by atoms with E-state index in [4.69, 9.17) is 27.9 Å². The van der Waals surface area contributed by atoms with Crippen molar-refractivity contribution in [2.24, 2.45) is 5.92 Å². The summed E-state index contributed by atoms with van der Waals surface area (Å²) in [6.07, 6.45) is 3.04. The van der Waals surface area contributed by atoms with Crippen molar-refractivity contribution >= 4 is 33.2 Å². The van der Waals surface area contributed by atoms with E-state index in [0.29, 0.717) is 36.1 Å². The van der Waals surface area contributed by atoms with Crippen LogP contribution in [0.25, 0.3) is 0 Å². The first-order chi connectivity index (χ1) is 10.5. The van der Waals surface area contributed by atoms with Gasteiger partial charge in [0.25, 0.3) is 0 Å². The molecule has 4 nitrogen and oxygen atoms in total. The Labute approximate surface area is 141 Å². The molecule has 1 aromatic rings. The molecule has 122 valence electrons. The second kappa shape index (κ2) is 6.65. The lowest BCUT2D eigenvalue weighted by Crippen LogP contribution is -2.45. The summed E-state index contributed by atoms with van der Waals surface area (Å²) in [6.45, 7) is 0.949. The van der Waals surface area contributed by atoms with Gasteiger partial charge in [0.2, 0.25) is 10.0 Å². The summed E-state index contributed by atoms with van der Waals surface area (Å²) in [5.74, 6) is -0.0674. The molecule has 3 rings (SSSR count). The van der Waals surface area contributed by atoms with E-state index in [1.807, 2.05) is 6.07 Å². The van der Waals surface area contributed by atoms with E-state index < -0.39 is 15.3 Å². The van der Waals surface area contributed by atoms with Gasteiger partial charge in [-0.3, -0.25) is 0 Å². The maximum Gasteiger partial charge on any atom is 0.215 e. The fourth-order valence-electron chi connectivity index (χ4n) is 2.87. The molecule has 7 heteroatoms. The van der Waals surface area contributed by atoms with Gasteiger partial charge in [-0.15, -0.1) is 0 Å². The number of rotatable bonds is 5. The summed E-state index contributed by atoms with van der Waals surface area (Å²) in [6, 6.07) is 5.57. The molecular weight excluding hydrogens is 345 g/mol. The van der Waals surface area contributed by atoms with Crippen molar-refractivity contribution < 1.29 is 13.2 Å². The minimum absolute atomic E-state index is 0.0674. The molecule has 2 fully saturated rings. The molecule has 0 bridgehead atoms. The molecular formula is C15H19Cl2NO3S. The van der Waals surface area contributed by atoms with Crippen LogP contribution < -0.4 is 4.72 Å². The van der Waals surface area contributed by atoms with Crippen molar-refractivity contribution in [2.45, 2.75) is 37.0 Å². The zero-order chi connectivity index (χ0) is 15.7. The Balaban J connectivity index is 1.75. The van der Waals surface area contributed by atoms with Crippen molar-refractivity contribution in [3.8, 4) is 0 Å². The Morgan fingerprint density at radius 2 is 1.95 bits per heavy atom. The monoisotopic (exact) mass is 363 g/mol. The Morgan fingerprint density at radius 1 is 1.18 bits per heavy atom. The van der Waals surface area contributed by atoms with Crippen LogP contribution in [0.15, 0.2) is 18.2 Å². The second-order valence-electron chi connectivity index (χ2n) is 6.05. The molecule has 1 heterocycles. The molecule has 0 spiro atoms. The third-order valence-corrected chi connectivity index (χ3v) is 7.01. The Hall–Kier alpha value is -0.330. The first kappa shape index (κ1) is 16.5. The van der Waals surface area contributed by atoms with Crippen molar-refractivity contribution in [3.05, 3.63) is 33.8 Å². The summed E-state index contributed by atoms with van der Waals surface area (Å²) >= 11 is 12.0. The molecule has 1 aliphatic carbocycles. The highest BCUT2D eigenvalue weighted by molar-refractivity contribution is 7.90. The number of hydrogen-bond donors (Lipinski definition) is 1. The van der Waals surface area contributed by atoms with E-state index in [1.54, 1.807) is 12.1 Å². The van der Waals surface area contributed by atoms with Gasteiger partial charge in [-0.25, -0.2) is 13.1 Å². The topological polar surface area (TPSA) is 55.4 Å². The Morgan fingerprint density at radius 3 is 2.64 bits per heavy atom. The molecule has 2 aliphatic rings. The molecule has 0 radical (unpaired) electrons. The van der Waals surface area contributed by atoms with Gasteiger partial charge in [0.05, 0.1) is 21.9 Å². The number of halogens is 2. The van der Waals surface area contributed by atoms with Crippen LogP contribution in [0.1, 0.15) is 24.8 Å². The lowest BCUT2D eigenvalue weighted by Gasteiger charge is -2.31. The van der Waals surface area contributed by atoms with Gasteiger partial charge in [0.15, 0.2) is 0 Å². The first-order valence-electron chi connectivity index (χ1n) is 7.48. The fourth-order valence-corrected chi connectivity index (χ4v) is 5.15. The van der Waals surface area contributed by atoms with Crippen molar-refractivity contribution in [2.75, 3.05) is 13.2 Å². The van der Waals surface area contributed by atoms with E-state index in [1.165, 1.54) is 0 Å². The molecule has 1 saturated heterocycles. The average molecular weight is 364 g/mol. The maximum absolute atomic E-state index is 12.5. The molecule has 1 N–H and O–H groups in total. The maximum atomic E-state index is 12.5. The first-order valence-corrected chi connectivity index (χ1v) is 9.79. The third-order valence-electron chi connectivity index (χ3n) is 4.19. The summed E-state index contributed by atoms with van der Waals surface area (Å²) in [7, 11) is -3.30. The molecule has 0 aromatic heterocycles. The smallest absolute Gasteiger partial charge is 0.215 e. The van der Waals surface area contributed by atoms with Crippen LogP contribution in [-0.2, 0) is 21.2 Å². The van der Waals surface area contributed by atoms with Gasteiger partial charge < -0.3 is 4.74 Å². The molecule has 0 unspecified atom stereocenters. The van der Waals surface area contributed by atoms with Crippen LogP contribution in [0.3, 0.4) is 0 Å². The van der Waals surface area contributed by atoms with Gasteiger partial charge in [0, 0.05) is 18.6 Å². The largest absolute Gasteiger partial charge is 0.381 e. The van der Waals surface area contributed by atoms with Gasteiger partial charge in [0.1, 0.15) is 0 Å². The predicted molar refractivity (Wildman–Crippen MR) is 88.0 cm³/mol. The standard InChI is InChI=1S/C15H19Cl2NO3S/c16-13-4-1-10(8-14(13)17)7-11-9-21-6-5-15(11)22(19,20)18-12-2-3-12/h1,4,8,11-12,15,18H,2-3,5-7,9H2/t11-,15-/m1/s1. The van der Waals surface area contributed by atoms with Crippen LogP contribution in [0.2, 0.25) is 10.0 Å². The zero-order valence-corrected chi connectivity index (χ0v) is 14.4. The highest BCUT2D eigenvalue weighted by Gasteiger charge is 2.39. The number of hydrogen-bond acceptors (Lipinski definition) is 3. The van der Waals surface area contributed by atoms with Crippen LogP contribution in [0, 0.1) is 5.92 Å². The van der Waals surface area contributed by atoms with E-state index in [2.05, 4.69) is 4.72 Å². The lowest BCUT2D eigenvalue weighted by atomic mass is 9.93. The second-order valence-corrected chi connectivity index (χ2v) is 8.80. The summed E-state index contributed by atoms with van der Waals surface area (Å²) in [5, 5.41) is 0.590. The molecule has 0 amide bonds. The minimum Gasteiger partial charge on any atom is -0.381 e. The molecule has 1 aliphatic heterocycles. The number of nitrogens with one attached hydrogen (secondary N) is 1. The van der Waals surface area contributed by atoms with Gasteiger partial charge in [-0.1, -0.05) is 29.3 Å². The number of ether oxygens (including phenoxy) is 1. The molecule has 22 heavy (non-hydrogen) atoms. The van der Waals surface area contributed by atoms with E-state index in [9.17, 15) is 8.42 Å². The molecule has 1 aromatic carbocycles. The Bertz CT molecular complexity index is 646. The van der Waals surface area contributed by atoms with Crippen molar-refractivity contribution in [3.63, 3.8) is 0 Å². The summed E-state index contributed by atoms with van der Waals surface area (Å²) in [4.78, 5) is 0. The van der Waals surface area contributed by atoms with Crippen LogP contribution in [0.4, 0.5) is 0 Å². The van der Waals surface area contributed by atoms with Crippen molar-refractivity contribution in [1.82, 2.24) is 4.72 Å². The van der Waals surface area contributed by atoms with Crippen LogP contribution in [0.5, 0.6) is 0 Å². The van der Waals surface area contributed by atoms with Gasteiger partial charge in [-0.2, -0.15) is 0 Å². The van der Waals surface area contributed by atoms with E-state index >= 15 is 0 Å². The average Bonchev–Trinajstić information content (AvgIpc) is 3.27. The van der Waals surface area contributed by atoms with Crippen molar-refractivity contribution in [1.29, 1.82) is 0 Å². The highest BCUT2D eigenvalue weighted by Crippen LogP contribution is 2.30. The molecule has 2 atom stereocenters. The van der Waals surface area contributed by atoms with E-state index in [-0.39, 0.29) is 12.0 Å². The summed E-state index contributed by atoms with van der Waals surface area (Å²) < 4.78 is 33.4. The van der Waals surface area contributed by atoms with E-state index in [0.717, 1.165) is 18.4 Å². The zero-order valence-electron chi connectivity index (χ0n) is 12.1. The normalized spacial score (nSPS) is 26.1. The summed E-state index contributed by atoms with van der Waals surface area (Å²) in [5.41, 5.74) is 0.983.